The first kappa shape index (κ1) is 12.2. The van der Waals surface area contributed by atoms with Gasteiger partial charge in [0, 0.05) is 12.1 Å². The lowest BCUT2D eigenvalue weighted by Gasteiger charge is -2.19. The molecule has 0 aliphatic heterocycles. The summed E-state index contributed by atoms with van der Waals surface area (Å²) in [6.07, 6.45) is 0.925. The van der Waals surface area contributed by atoms with Gasteiger partial charge in [-0.25, -0.2) is 0 Å². The highest BCUT2D eigenvalue weighted by Crippen LogP contribution is 2.12. The molecule has 0 amide bonds. The van der Waals surface area contributed by atoms with Crippen LogP contribution in [0.15, 0.2) is 24.3 Å². The van der Waals surface area contributed by atoms with Crippen molar-refractivity contribution in [3.05, 3.63) is 35.4 Å². The van der Waals surface area contributed by atoms with E-state index in [1.165, 1.54) is 11.1 Å². The zero-order chi connectivity index (χ0) is 11.5. The van der Waals surface area contributed by atoms with Gasteiger partial charge in [0.1, 0.15) is 0 Å². The van der Waals surface area contributed by atoms with Crippen LogP contribution in [0.1, 0.15) is 25.0 Å². The molecule has 1 aromatic carbocycles. The van der Waals surface area contributed by atoms with Crippen molar-refractivity contribution in [3.63, 3.8) is 0 Å². The fourth-order valence-corrected chi connectivity index (χ4v) is 1.73. The third-order valence-electron chi connectivity index (χ3n) is 2.15. The van der Waals surface area contributed by atoms with Gasteiger partial charge < -0.3 is 10.6 Å². The SMILES string of the molecule is CN(C)Cc1cccc(CC(C)(C)N)c1. The molecule has 2 N–H and O–H groups in total. The second-order valence-electron chi connectivity index (χ2n) is 5.22. The number of hydrogen-bond acceptors (Lipinski definition) is 2. The molecule has 15 heavy (non-hydrogen) atoms. The Morgan fingerprint density at radius 1 is 1.20 bits per heavy atom. The maximum Gasteiger partial charge on any atom is 0.0227 e. The first-order valence-corrected chi connectivity index (χ1v) is 5.38. The quantitative estimate of drug-likeness (QED) is 0.816. The second kappa shape index (κ2) is 4.77. The van der Waals surface area contributed by atoms with Crippen molar-refractivity contribution in [1.82, 2.24) is 4.90 Å². The maximum atomic E-state index is 6.01. The standard InChI is InChI=1S/C13H22N2/c1-13(2,14)9-11-6-5-7-12(8-11)10-15(3)4/h5-8H,9-10,14H2,1-4H3. The van der Waals surface area contributed by atoms with Gasteiger partial charge >= 0.3 is 0 Å². The van der Waals surface area contributed by atoms with Crippen LogP contribution in [-0.4, -0.2) is 24.5 Å². The number of hydrogen-bond donors (Lipinski definition) is 1. The van der Waals surface area contributed by atoms with E-state index in [4.69, 9.17) is 5.73 Å². The Balaban J connectivity index is 2.74. The van der Waals surface area contributed by atoms with Crippen LogP contribution >= 0.6 is 0 Å². The van der Waals surface area contributed by atoms with E-state index in [-0.39, 0.29) is 5.54 Å². The normalized spacial score (nSPS) is 12.1. The molecule has 0 atom stereocenters. The van der Waals surface area contributed by atoms with E-state index in [0.717, 1.165) is 13.0 Å². The maximum absolute atomic E-state index is 6.01. The van der Waals surface area contributed by atoms with Crippen molar-refractivity contribution in [1.29, 1.82) is 0 Å². The molecule has 2 nitrogen and oxygen atoms in total. The van der Waals surface area contributed by atoms with Gasteiger partial charge in [-0.3, -0.25) is 0 Å². The molecular weight excluding hydrogens is 184 g/mol. The number of nitrogens with two attached hydrogens (primary N) is 1. The molecule has 0 heterocycles. The van der Waals surface area contributed by atoms with Crippen LogP contribution in [0.5, 0.6) is 0 Å². The predicted molar refractivity (Wildman–Crippen MR) is 65.8 cm³/mol. The van der Waals surface area contributed by atoms with Crippen LogP contribution in [0, 0.1) is 0 Å². The lowest BCUT2D eigenvalue weighted by molar-refractivity contribution is 0.402. The van der Waals surface area contributed by atoms with Crippen molar-refractivity contribution in [3.8, 4) is 0 Å². The van der Waals surface area contributed by atoms with E-state index in [1.807, 2.05) is 0 Å². The van der Waals surface area contributed by atoms with E-state index in [0.29, 0.717) is 0 Å². The van der Waals surface area contributed by atoms with Crippen molar-refractivity contribution >= 4 is 0 Å². The van der Waals surface area contributed by atoms with E-state index in [9.17, 15) is 0 Å². The van der Waals surface area contributed by atoms with Gasteiger partial charge in [-0.1, -0.05) is 24.3 Å². The fourth-order valence-electron chi connectivity index (χ4n) is 1.73. The molecule has 1 rings (SSSR count). The van der Waals surface area contributed by atoms with E-state index in [2.05, 4.69) is 57.1 Å². The molecule has 84 valence electrons. The average Bonchev–Trinajstić information content (AvgIpc) is 1.99. The van der Waals surface area contributed by atoms with Crippen LogP contribution < -0.4 is 5.73 Å². The molecule has 0 bridgehead atoms. The Morgan fingerprint density at radius 3 is 2.33 bits per heavy atom. The van der Waals surface area contributed by atoms with Gasteiger partial charge in [-0.15, -0.1) is 0 Å². The lowest BCUT2D eigenvalue weighted by Crippen LogP contribution is -2.34. The molecular formula is C13H22N2. The Labute approximate surface area is 93.1 Å². The molecule has 1 aromatic rings. The molecule has 0 saturated heterocycles. The third kappa shape index (κ3) is 4.96. The highest BCUT2D eigenvalue weighted by atomic mass is 15.0. The molecule has 0 aromatic heterocycles. The van der Waals surface area contributed by atoms with Crippen molar-refractivity contribution in [2.75, 3.05) is 14.1 Å². The number of rotatable bonds is 4. The topological polar surface area (TPSA) is 29.3 Å². The van der Waals surface area contributed by atoms with Crippen LogP contribution in [0.2, 0.25) is 0 Å². The molecule has 0 unspecified atom stereocenters. The summed E-state index contributed by atoms with van der Waals surface area (Å²) >= 11 is 0. The molecule has 0 aliphatic rings. The summed E-state index contributed by atoms with van der Waals surface area (Å²) in [5, 5.41) is 0. The van der Waals surface area contributed by atoms with Crippen molar-refractivity contribution in [2.45, 2.75) is 32.4 Å². The zero-order valence-corrected chi connectivity index (χ0v) is 10.2. The minimum atomic E-state index is -0.128. The predicted octanol–water partition coefficient (Wildman–Crippen LogP) is 2.03. The van der Waals surface area contributed by atoms with Gasteiger partial charge in [-0.05, 0) is 45.5 Å². The van der Waals surface area contributed by atoms with Crippen LogP contribution in [0.3, 0.4) is 0 Å². The lowest BCUT2D eigenvalue weighted by atomic mass is 9.95. The monoisotopic (exact) mass is 206 g/mol. The molecule has 0 saturated carbocycles. The summed E-state index contributed by atoms with van der Waals surface area (Å²) < 4.78 is 0. The smallest absolute Gasteiger partial charge is 0.0227 e. The molecule has 2 heteroatoms. The number of nitrogens with zero attached hydrogens (tertiary/aromatic N) is 1. The summed E-state index contributed by atoms with van der Waals surface area (Å²) in [4.78, 5) is 2.17. The Hall–Kier alpha value is -0.860. The van der Waals surface area contributed by atoms with Gasteiger partial charge in [0.15, 0.2) is 0 Å². The van der Waals surface area contributed by atoms with Crippen LogP contribution in [0.4, 0.5) is 0 Å². The summed E-state index contributed by atoms with van der Waals surface area (Å²) in [5.74, 6) is 0. The third-order valence-corrected chi connectivity index (χ3v) is 2.15. The van der Waals surface area contributed by atoms with E-state index < -0.39 is 0 Å². The Bertz CT molecular complexity index is 311. The first-order valence-electron chi connectivity index (χ1n) is 5.38. The largest absolute Gasteiger partial charge is 0.325 e. The molecule has 0 aliphatic carbocycles. The van der Waals surface area contributed by atoms with Gasteiger partial charge in [0.05, 0.1) is 0 Å². The van der Waals surface area contributed by atoms with E-state index >= 15 is 0 Å². The summed E-state index contributed by atoms with van der Waals surface area (Å²) in [6.45, 7) is 5.11. The summed E-state index contributed by atoms with van der Waals surface area (Å²) in [6, 6.07) is 8.66. The summed E-state index contributed by atoms with van der Waals surface area (Å²) in [5.41, 5.74) is 8.55. The summed E-state index contributed by atoms with van der Waals surface area (Å²) in [7, 11) is 4.17. The number of benzene rings is 1. The highest BCUT2D eigenvalue weighted by Gasteiger charge is 2.11. The highest BCUT2D eigenvalue weighted by molar-refractivity contribution is 5.24. The molecule has 0 radical (unpaired) electrons. The van der Waals surface area contributed by atoms with E-state index in [1.54, 1.807) is 0 Å². The van der Waals surface area contributed by atoms with Gasteiger partial charge in [0.25, 0.3) is 0 Å². The zero-order valence-electron chi connectivity index (χ0n) is 10.2. The van der Waals surface area contributed by atoms with Crippen LogP contribution in [0.25, 0.3) is 0 Å². The Kier molecular flexibility index (Phi) is 3.89. The molecule has 0 spiro atoms. The van der Waals surface area contributed by atoms with Crippen molar-refractivity contribution in [2.24, 2.45) is 5.73 Å². The first-order chi connectivity index (χ1) is 6.87. The van der Waals surface area contributed by atoms with Gasteiger partial charge in [0.2, 0.25) is 0 Å². The van der Waals surface area contributed by atoms with Crippen molar-refractivity contribution < 1.29 is 0 Å². The van der Waals surface area contributed by atoms with Gasteiger partial charge in [-0.2, -0.15) is 0 Å². The minimum Gasteiger partial charge on any atom is -0.325 e. The molecule has 0 fully saturated rings. The minimum absolute atomic E-state index is 0.128. The average molecular weight is 206 g/mol. The fraction of sp³-hybridized carbons (Fsp3) is 0.538. The Morgan fingerprint density at radius 2 is 1.80 bits per heavy atom. The van der Waals surface area contributed by atoms with Crippen LogP contribution in [-0.2, 0) is 13.0 Å². The second-order valence-corrected chi connectivity index (χ2v) is 5.22.